The maximum Gasteiger partial charge on any atom is 0.321 e. The second-order valence-electron chi connectivity index (χ2n) is 7.61. The Morgan fingerprint density at radius 3 is 2.84 bits per heavy atom. The highest BCUT2D eigenvalue weighted by Gasteiger charge is 2.29. The Morgan fingerprint density at radius 1 is 1.19 bits per heavy atom. The van der Waals surface area contributed by atoms with Crippen LogP contribution in [0.15, 0.2) is 47.0 Å². The third-order valence-electron chi connectivity index (χ3n) is 5.43. The number of likely N-dealkylation sites (tertiary alicyclic amines) is 1. The summed E-state index contributed by atoms with van der Waals surface area (Å²) in [5, 5.41) is 7.08. The van der Waals surface area contributed by atoms with Crippen molar-refractivity contribution in [3.63, 3.8) is 0 Å². The van der Waals surface area contributed by atoms with E-state index in [1.54, 1.807) is 37.3 Å². The van der Waals surface area contributed by atoms with Crippen LogP contribution in [0.5, 0.6) is 11.5 Å². The van der Waals surface area contributed by atoms with E-state index in [2.05, 4.69) is 15.5 Å². The van der Waals surface area contributed by atoms with Crippen LogP contribution in [0.2, 0.25) is 0 Å². The van der Waals surface area contributed by atoms with Gasteiger partial charge in [-0.3, -0.25) is 0 Å². The third kappa shape index (κ3) is 4.63. The molecule has 1 fully saturated rings. The summed E-state index contributed by atoms with van der Waals surface area (Å²) in [7, 11) is 3.14. The van der Waals surface area contributed by atoms with E-state index in [0.717, 1.165) is 24.0 Å². The largest absolute Gasteiger partial charge is 0.497 e. The summed E-state index contributed by atoms with van der Waals surface area (Å²) in [6.45, 7) is 3.21. The van der Waals surface area contributed by atoms with Crippen molar-refractivity contribution in [3.05, 3.63) is 53.9 Å². The van der Waals surface area contributed by atoms with Gasteiger partial charge in [-0.25, -0.2) is 4.79 Å². The van der Waals surface area contributed by atoms with Gasteiger partial charge in [-0.1, -0.05) is 28.9 Å². The van der Waals surface area contributed by atoms with Gasteiger partial charge >= 0.3 is 6.03 Å². The molecule has 0 bridgehead atoms. The summed E-state index contributed by atoms with van der Waals surface area (Å²) >= 11 is 0. The molecule has 1 atom stereocenters. The Balaban J connectivity index is 1.45. The molecule has 31 heavy (non-hydrogen) atoms. The third-order valence-corrected chi connectivity index (χ3v) is 5.43. The molecule has 1 saturated heterocycles. The van der Waals surface area contributed by atoms with Crippen LogP contribution in [0.1, 0.15) is 30.2 Å². The summed E-state index contributed by atoms with van der Waals surface area (Å²) in [4.78, 5) is 19.3. The first-order valence-electron chi connectivity index (χ1n) is 10.3. The molecule has 1 N–H and O–H groups in total. The Morgan fingerprint density at radius 2 is 2.06 bits per heavy atom. The van der Waals surface area contributed by atoms with Crippen LogP contribution in [0.4, 0.5) is 10.5 Å². The van der Waals surface area contributed by atoms with Crippen LogP contribution in [0.3, 0.4) is 0 Å². The van der Waals surface area contributed by atoms with E-state index in [-0.39, 0.29) is 11.9 Å². The fourth-order valence-corrected chi connectivity index (χ4v) is 3.76. The minimum Gasteiger partial charge on any atom is -0.497 e. The normalized spacial score (nSPS) is 16.1. The van der Waals surface area contributed by atoms with Crippen molar-refractivity contribution in [2.45, 2.75) is 25.7 Å². The SMILES string of the molecule is COc1ccc(NC(=O)N2CCCC(c3nc(-c4cccc(C)c4)no3)C2)c(OC)c1. The highest BCUT2D eigenvalue weighted by molar-refractivity contribution is 5.91. The van der Waals surface area contributed by atoms with E-state index >= 15 is 0 Å². The molecular formula is C23H26N4O4. The number of nitrogens with zero attached hydrogens (tertiary/aromatic N) is 3. The van der Waals surface area contributed by atoms with Gasteiger partial charge in [-0.2, -0.15) is 4.98 Å². The first-order chi connectivity index (χ1) is 15.1. The predicted molar refractivity (Wildman–Crippen MR) is 117 cm³/mol. The molecule has 1 unspecified atom stereocenters. The van der Waals surface area contributed by atoms with E-state index in [9.17, 15) is 4.79 Å². The maximum absolute atomic E-state index is 12.9. The monoisotopic (exact) mass is 422 g/mol. The first-order valence-corrected chi connectivity index (χ1v) is 10.3. The lowest BCUT2D eigenvalue weighted by Crippen LogP contribution is -2.41. The van der Waals surface area contributed by atoms with Gasteiger partial charge in [0.2, 0.25) is 11.7 Å². The Labute approximate surface area is 181 Å². The number of piperidine rings is 1. The average Bonchev–Trinajstić information content (AvgIpc) is 3.30. The zero-order valence-electron chi connectivity index (χ0n) is 17.9. The zero-order chi connectivity index (χ0) is 21.8. The number of ether oxygens (including phenoxy) is 2. The number of urea groups is 1. The van der Waals surface area contributed by atoms with Crippen molar-refractivity contribution in [3.8, 4) is 22.9 Å². The lowest BCUT2D eigenvalue weighted by Gasteiger charge is -2.31. The standard InChI is InChI=1S/C23H26N4O4/c1-15-6-4-7-16(12-15)21-25-22(31-26-21)17-8-5-11-27(14-17)23(28)24-19-10-9-18(29-2)13-20(19)30-3/h4,6-7,9-10,12-13,17H,5,8,11,14H2,1-3H3,(H,24,28). The van der Waals surface area contributed by atoms with Crippen LogP contribution < -0.4 is 14.8 Å². The van der Waals surface area contributed by atoms with Gasteiger partial charge in [-0.05, 0) is 38.0 Å². The molecule has 8 heteroatoms. The topological polar surface area (TPSA) is 89.7 Å². The minimum atomic E-state index is -0.188. The smallest absolute Gasteiger partial charge is 0.321 e. The van der Waals surface area contributed by atoms with Crippen molar-refractivity contribution >= 4 is 11.7 Å². The number of nitrogens with one attached hydrogen (secondary N) is 1. The second-order valence-corrected chi connectivity index (χ2v) is 7.61. The molecule has 1 aliphatic rings. The van der Waals surface area contributed by atoms with Crippen molar-refractivity contribution in [1.82, 2.24) is 15.0 Å². The number of methoxy groups -OCH3 is 2. The van der Waals surface area contributed by atoms with E-state index < -0.39 is 0 Å². The quantitative estimate of drug-likeness (QED) is 0.652. The number of anilines is 1. The van der Waals surface area contributed by atoms with Crippen LogP contribution >= 0.6 is 0 Å². The molecule has 0 saturated carbocycles. The molecule has 1 aromatic heterocycles. The molecule has 0 radical (unpaired) electrons. The Kier molecular flexibility index (Phi) is 6.06. The van der Waals surface area contributed by atoms with E-state index in [1.807, 2.05) is 31.2 Å². The number of hydrogen-bond donors (Lipinski definition) is 1. The van der Waals surface area contributed by atoms with Gasteiger partial charge in [0.25, 0.3) is 0 Å². The molecule has 1 aliphatic heterocycles. The van der Waals surface area contributed by atoms with Crippen LogP contribution in [-0.4, -0.2) is 48.4 Å². The first kappa shape index (κ1) is 20.7. The maximum atomic E-state index is 12.9. The molecule has 0 spiro atoms. The number of aryl methyl sites for hydroxylation is 1. The molecule has 3 aromatic rings. The van der Waals surface area contributed by atoms with Gasteiger partial charge in [0.1, 0.15) is 11.5 Å². The number of hydrogen-bond acceptors (Lipinski definition) is 6. The fraction of sp³-hybridized carbons (Fsp3) is 0.348. The summed E-state index contributed by atoms with van der Waals surface area (Å²) in [5.41, 5.74) is 2.65. The summed E-state index contributed by atoms with van der Waals surface area (Å²) in [6.07, 6.45) is 1.76. The molecule has 0 aliphatic carbocycles. The molecule has 8 nitrogen and oxygen atoms in total. The Hall–Kier alpha value is -3.55. The lowest BCUT2D eigenvalue weighted by molar-refractivity contribution is 0.184. The van der Waals surface area contributed by atoms with Gasteiger partial charge < -0.3 is 24.2 Å². The number of carbonyl (C=O) groups excluding carboxylic acids is 1. The van der Waals surface area contributed by atoms with Gasteiger partial charge in [-0.15, -0.1) is 0 Å². The summed E-state index contributed by atoms with van der Waals surface area (Å²) < 4.78 is 16.1. The van der Waals surface area contributed by atoms with Gasteiger partial charge in [0, 0.05) is 24.7 Å². The van der Waals surface area contributed by atoms with Gasteiger partial charge in [0.15, 0.2) is 0 Å². The lowest BCUT2D eigenvalue weighted by atomic mass is 9.98. The van der Waals surface area contributed by atoms with Crippen LogP contribution in [0, 0.1) is 6.92 Å². The van der Waals surface area contributed by atoms with E-state index in [4.69, 9.17) is 14.0 Å². The van der Waals surface area contributed by atoms with Crippen LogP contribution in [0.25, 0.3) is 11.4 Å². The van der Waals surface area contributed by atoms with Crippen molar-refractivity contribution in [2.24, 2.45) is 0 Å². The van der Waals surface area contributed by atoms with Crippen molar-refractivity contribution in [2.75, 3.05) is 32.6 Å². The van der Waals surface area contributed by atoms with Gasteiger partial charge in [0.05, 0.1) is 25.8 Å². The summed E-state index contributed by atoms with van der Waals surface area (Å²) in [5.74, 6) is 2.34. The molecule has 4 rings (SSSR count). The number of carbonyl (C=O) groups is 1. The highest BCUT2D eigenvalue weighted by Crippen LogP contribution is 2.31. The fourth-order valence-electron chi connectivity index (χ4n) is 3.76. The predicted octanol–water partition coefficient (Wildman–Crippen LogP) is 4.47. The molecule has 2 aromatic carbocycles. The van der Waals surface area contributed by atoms with Crippen molar-refractivity contribution < 1.29 is 18.8 Å². The highest BCUT2D eigenvalue weighted by atomic mass is 16.5. The average molecular weight is 422 g/mol. The minimum absolute atomic E-state index is 0.00308. The van der Waals surface area contributed by atoms with Crippen molar-refractivity contribution in [1.29, 1.82) is 0 Å². The second kappa shape index (κ2) is 9.07. The molecular weight excluding hydrogens is 396 g/mol. The summed E-state index contributed by atoms with van der Waals surface area (Å²) in [6, 6.07) is 13.1. The zero-order valence-corrected chi connectivity index (χ0v) is 17.9. The molecule has 162 valence electrons. The van der Waals surface area contributed by atoms with E-state index in [1.165, 1.54) is 0 Å². The van der Waals surface area contributed by atoms with Crippen LogP contribution in [-0.2, 0) is 0 Å². The molecule has 2 amide bonds. The number of rotatable bonds is 5. The Bertz CT molecular complexity index is 1070. The number of amides is 2. The van der Waals surface area contributed by atoms with E-state index in [0.29, 0.717) is 42.0 Å². The number of benzene rings is 2. The number of aromatic nitrogens is 2. The molecule has 2 heterocycles.